The molecule has 0 aromatic rings. The summed E-state index contributed by atoms with van der Waals surface area (Å²) in [7, 11) is 1.48. The molecule has 1 spiro atoms. The van der Waals surface area contributed by atoms with Crippen molar-refractivity contribution < 1.29 is 9.53 Å². The van der Waals surface area contributed by atoms with Crippen molar-refractivity contribution in [3.8, 4) is 0 Å². The lowest BCUT2D eigenvalue weighted by Gasteiger charge is -2.41. The van der Waals surface area contributed by atoms with Gasteiger partial charge in [-0.1, -0.05) is 12.8 Å². The normalized spacial score (nSPS) is 24.4. The highest BCUT2D eigenvalue weighted by molar-refractivity contribution is 5.76. The second-order valence-corrected chi connectivity index (χ2v) is 6.86. The predicted molar refractivity (Wildman–Crippen MR) is 72.4 cm³/mol. The Morgan fingerprint density at radius 2 is 1.72 bits per heavy atom. The van der Waals surface area contributed by atoms with E-state index in [4.69, 9.17) is 4.74 Å². The number of nitrogens with zero attached hydrogens (tertiary/aromatic N) is 1. The molecule has 1 aliphatic heterocycles. The Balaban J connectivity index is 1.85. The van der Waals surface area contributed by atoms with E-state index in [0.29, 0.717) is 5.41 Å². The molecule has 0 amide bonds. The van der Waals surface area contributed by atoms with Crippen LogP contribution in [-0.4, -0.2) is 37.6 Å². The lowest BCUT2D eigenvalue weighted by Crippen LogP contribution is -2.45. The van der Waals surface area contributed by atoms with Gasteiger partial charge in [0.05, 0.1) is 12.5 Å². The highest BCUT2D eigenvalue weighted by Crippen LogP contribution is 2.46. The minimum atomic E-state index is -0.380. The summed E-state index contributed by atoms with van der Waals surface area (Å²) in [4.78, 5) is 14.2. The van der Waals surface area contributed by atoms with E-state index in [1.165, 1.54) is 45.6 Å². The van der Waals surface area contributed by atoms with Crippen molar-refractivity contribution in [2.45, 2.75) is 52.4 Å². The van der Waals surface area contributed by atoms with Gasteiger partial charge in [-0.3, -0.25) is 4.79 Å². The smallest absolute Gasteiger partial charge is 0.312 e. The molecule has 2 fully saturated rings. The summed E-state index contributed by atoms with van der Waals surface area (Å²) in [5.41, 5.74) is 0.279. The van der Waals surface area contributed by atoms with E-state index >= 15 is 0 Å². The van der Waals surface area contributed by atoms with E-state index in [1.54, 1.807) is 0 Å². The van der Waals surface area contributed by atoms with E-state index in [9.17, 15) is 4.79 Å². The van der Waals surface area contributed by atoms with E-state index in [-0.39, 0.29) is 11.4 Å². The topological polar surface area (TPSA) is 29.5 Å². The number of hydrogen-bond donors (Lipinski definition) is 0. The molecule has 0 aromatic carbocycles. The van der Waals surface area contributed by atoms with Gasteiger partial charge in [-0.25, -0.2) is 0 Å². The molecular weight excluding hydrogens is 226 g/mol. The average Bonchev–Trinajstić information content (AvgIpc) is 2.80. The first-order chi connectivity index (χ1) is 8.47. The standard InChI is InChI=1S/C15H27NO2/c1-14(2,13(17)18-3)12-16-10-8-15(9-11-16)6-4-5-7-15/h4-12H2,1-3H3. The van der Waals surface area contributed by atoms with Gasteiger partial charge < -0.3 is 9.64 Å². The molecule has 1 heterocycles. The maximum Gasteiger partial charge on any atom is 0.312 e. The fourth-order valence-corrected chi connectivity index (χ4v) is 3.71. The van der Waals surface area contributed by atoms with Crippen molar-refractivity contribution in [1.82, 2.24) is 4.90 Å². The Labute approximate surface area is 111 Å². The Hall–Kier alpha value is -0.570. The largest absolute Gasteiger partial charge is 0.469 e. The van der Waals surface area contributed by atoms with E-state index in [2.05, 4.69) is 4.90 Å². The van der Waals surface area contributed by atoms with Crippen molar-refractivity contribution in [2.24, 2.45) is 10.8 Å². The van der Waals surface area contributed by atoms with Crippen LogP contribution in [0, 0.1) is 10.8 Å². The molecule has 18 heavy (non-hydrogen) atoms. The fraction of sp³-hybridized carbons (Fsp3) is 0.933. The molecule has 0 unspecified atom stereocenters. The monoisotopic (exact) mass is 253 g/mol. The van der Waals surface area contributed by atoms with Crippen LogP contribution in [0.3, 0.4) is 0 Å². The molecular formula is C15H27NO2. The summed E-state index contributed by atoms with van der Waals surface area (Å²) in [5.74, 6) is -0.0938. The summed E-state index contributed by atoms with van der Waals surface area (Å²) in [6.45, 7) is 7.11. The molecule has 0 radical (unpaired) electrons. The maximum absolute atomic E-state index is 11.7. The van der Waals surface area contributed by atoms with Gasteiger partial charge in [0, 0.05) is 6.54 Å². The van der Waals surface area contributed by atoms with Gasteiger partial charge in [-0.05, 0) is 58.0 Å². The maximum atomic E-state index is 11.7. The SMILES string of the molecule is COC(=O)C(C)(C)CN1CCC2(CCCC2)CC1. The van der Waals surface area contributed by atoms with Crippen LogP contribution in [0.5, 0.6) is 0 Å². The van der Waals surface area contributed by atoms with Crippen LogP contribution in [0.25, 0.3) is 0 Å². The lowest BCUT2D eigenvalue weighted by molar-refractivity contribution is -0.152. The number of likely N-dealkylation sites (tertiary alicyclic amines) is 1. The number of methoxy groups -OCH3 is 1. The molecule has 0 atom stereocenters. The second-order valence-electron chi connectivity index (χ2n) is 6.86. The highest BCUT2D eigenvalue weighted by atomic mass is 16.5. The van der Waals surface area contributed by atoms with Crippen LogP contribution in [0.4, 0.5) is 0 Å². The third-order valence-corrected chi connectivity index (χ3v) is 4.94. The molecule has 1 saturated carbocycles. The summed E-state index contributed by atoms with van der Waals surface area (Å²) in [5, 5.41) is 0. The zero-order valence-corrected chi connectivity index (χ0v) is 12.1. The molecule has 3 nitrogen and oxygen atoms in total. The van der Waals surface area contributed by atoms with E-state index in [1.807, 2.05) is 13.8 Å². The number of rotatable bonds is 3. The number of esters is 1. The molecule has 0 aromatic heterocycles. The average molecular weight is 253 g/mol. The molecule has 2 rings (SSSR count). The molecule has 104 valence electrons. The summed E-state index contributed by atoms with van der Waals surface area (Å²) in [6.07, 6.45) is 8.36. The van der Waals surface area contributed by atoms with Crippen molar-refractivity contribution in [1.29, 1.82) is 0 Å². The fourth-order valence-electron chi connectivity index (χ4n) is 3.71. The molecule has 3 heteroatoms. The quantitative estimate of drug-likeness (QED) is 0.724. The first-order valence-corrected chi connectivity index (χ1v) is 7.28. The first-order valence-electron chi connectivity index (χ1n) is 7.28. The van der Waals surface area contributed by atoms with Crippen LogP contribution >= 0.6 is 0 Å². The van der Waals surface area contributed by atoms with E-state index in [0.717, 1.165) is 19.6 Å². The van der Waals surface area contributed by atoms with Crippen molar-refractivity contribution in [2.75, 3.05) is 26.7 Å². The van der Waals surface area contributed by atoms with Gasteiger partial charge in [0.1, 0.15) is 0 Å². The number of hydrogen-bond acceptors (Lipinski definition) is 3. The van der Waals surface area contributed by atoms with Gasteiger partial charge in [0.25, 0.3) is 0 Å². The molecule has 0 N–H and O–H groups in total. The van der Waals surface area contributed by atoms with Gasteiger partial charge in [-0.2, -0.15) is 0 Å². The summed E-state index contributed by atoms with van der Waals surface area (Å²) < 4.78 is 4.88. The van der Waals surface area contributed by atoms with Crippen LogP contribution < -0.4 is 0 Å². The van der Waals surface area contributed by atoms with E-state index < -0.39 is 0 Å². The first kappa shape index (κ1) is 13.9. The van der Waals surface area contributed by atoms with Crippen LogP contribution in [0.2, 0.25) is 0 Å². The van der Waals surface area contributed by atoms with Crippen LogP contribution in [-0.2, 0) is 9.53 Å². The zero-order chi connectivity index (χ0) is 13.2. The summed E-state index contributed by atoms with van der Waals surface area (Å²) in [6, 6.07) is 0. The Morgan fingerprint density at radius 3 is 2.22 bits per heavy atom. The van der Waals surface area contributed by atoms with Crippen molar-refractivity contribution >= 4 is 5.97 Å². The minimum absolute atomic E-state index is 0.0938. The minimum Gasteiger partial charge on any atom is -0.469 e. The zero-order valence-electron chi connectivity index (χ0n) is 12.1. The third kappa shape index (κ3) is 2.87. The second kappa shape index (κ2) is 5.20. The van der Waals surface area contributed by atoms with Gasteiger partial charge in [0.2, 0.25) is 0 Å². The molecule has 1 saturated heterocycles. The third-order valence-electron chi connectivity index (χ3n) is 4.94. The molecule has 0 bridgehead atoms. The Bertz CT molecular complexity index is 296. The molecule has 2 aliphatic rings. The molecule has 1 aliphatic carbocycles. The summed E-state index contributed by atoms with van der Waals surface area (Å²) >= 11 is 0. The van der Waals surface area contributed by atoms with Crippen molar-refractivity contribution in [3.05, 3.63) is 0 Å². The predicted octanol–water partition coefficient (Wildman–Crippen LogP) is 2.84. The van der Waals surface area contributed by atoms with Gasteiger partial charge in [0.15, 0.2) is 0 Å². The number of carbonyl (C=O) groups excluding carboxylic acids is 1. The van der Waals surface area contributed by atoms with Crippen LogP contribution in [0.1, 0.15) is 52.4 Å². The Morgan fingerprint density at radius 1 is 1.17 bits per heavy atom. The Kier molecular flexibility index (Phi) is 4.00. The van der Waals surface area contributed by atoms with Gasteiger partial charge in [-0.15, -0.1) is 0 Å². The van der Waals surface area contributed by atoms with Gasteiger partial charge >= 0.3 is 5.97 Å². The van der Waals surface area contributed by atoms with Crippen LogP contribution in [0.15, 0.2) is 0 Å². The number of ether oxygens (including phenoxy) is 1. The number of piperidine rings is 1. The lowest BCUT2D eigenvalue weighted by atomic mass is 9.76. The van der Waals surface area contributed by atoms with Crippen molar-refractivity contribution in [3.63, 3.8) is 0 Å². The number of carbonyl (C=O) groups is 1. The highest BCUT2D eigenvalue weighted by Gasteiger charge is 2.39.